The number of halogens is 1. The first-order valence-corrected chi connectivity index (χ1v) is 5.44. The summed E-state index contributed by atoms with van der Waals surface area (Å²) in [4.78, 5) is 15.6. The number of anilines is 1. The standard InChI is InChI=1S/C10H14BrN3O/c1-6-4-9(13-5-8(6)11)14-10(15)7(2)12-3/h4-5,7,12H,1-3H3,(H,13,14,15). The lowest BCUT2D eigenvalue weighted by molar-refractivity contribution is -0.117. The molecule has 0 saturated carbocycles. The largest absolute Gasteiger partial charge is 0.309 e. The van der Waals surface area contributed by atoms with Crippen molar-refractivity contribution < 1.29 is 4.79 Å². The maximum atomic E-state index is 11.5. The molecule has 15 heavy (non-hydrogen) atoms. The molecule has 1 amide bonds. The van der Waals surface area contributed by atoms with Crippen molar-refractivity contribution in [2.24, 2.45) is 0 Å². The molecule has 0 aliphatic carbocycles. The van der Waals surface area contributed by atoms with E-state index in [-0.39, 0.29) is 11.9 Å². The lowest BCUT2D eigenvalue weighted by atomic mass is 10.3. The number of hydrogen-bond donors (Lipinski definition) is 2. The topological polar surface area (TPSA) is 54.0 Å². The summed E-state index contributed by atoms with van der Waals surface area (Å²) in [5, 5.41) is 5.59. The molecule has 0 aliphatic rings. The van der Waals surface area contributed by atoms with Gasteiger partial charge in [0.25, 0.3) is 0 Å². The number of nitrogens with one attached hydrogen (secondary N) is 2. The molecule has 0 fully saturated rings. The third-order valence-electron chi connectivity index (χ3n) is 2.12. The summed E-state index contributed by atoms with van der Waals surface area (Å²) >= 11 is 3.35. The Labute approximate surface area is 97.6 Å². The molecule has 1 aromatic heterocycles. The fourth-order valence-electron chi connectivity index (χ4n) is 0.973. The Morgan fingerprint density at radius 2 is 2.27 bits per heavy atom. The van der Waals surface area contributed by atoms with Gasteiger partial charge in [-0.3, -0.25) is 4.79 Å². The number of hydrogen-bond acceptors (Lipinski definition) is 3. The zero-order valence-corrected chi connectivity index (χ0v) is 10.6. The van der Waals surface area contributed by atoms with E-state index in [2.05, 4.69) is 31.5 Å². The van der Waals surface area contributed by atoms with E-state index in [1.54, 1.807) is 20.2 Å². The van der Waals surface area contributed by atoms with E-state index in [4.69, 9.17) is 0 Å². The van der Waals surface area contributed by atoms with E-state index in [1.807, 2.05) is 13.0 Å². The molecule has 1 unspecified atom stereocenters. The predicted molar refractivity (Wildman–Crippen MR) is 63.8 cm³/mol. The molecule has 0 radical (unpaired) electrons. The normalized spacial score (nSPS) is 12.3. The lowest BCUT2D eigenvalue weighted by Crippen LogP contribution is -2.35. The molecule has 82 valence electrons. The van der Waals surface area contributed by atoms with Gasteiger partial charge in [0.05, 0.1) is 6.04 Å². The Kier molecular flexibility index (Phi) is 4.23. The lowest BCUT2D eigenvalue weighted by Gasteiger charge is -2.10. The van der Waals surface area contributed by atoms with Gasteiger partial charge < -0.3 is 10.6 Å². The molecule has 1 heterocycles. The van der Waals surface area contributed by atoms with Gasteiger partial charge in [-0.25, -0.2) is 4.98 Å². The molecule has 1 aromatic rings. The highest BCUT2D eigenvalue weighted by Gasteiger charge is 2.10. The molecule has 0 aromatic carbocycles. The highest BCUT2D eigenvalue weighted by molar-refractivity contribution is 9.10. The summed E-state index contributed by atoms with van der Waals surface area (Å²) in [6.45, 7) is 3.74. The van der Waals surface area contributed by atoms with Crippen LogP contribution in [0.2, 0.25) is 0 Å². The van der Waals surface area contributed by atoms with E-state index >= 15 is 0 Å². The monoisotopic (exact) mass is 271 g/mol. The minimum Gasteiger partial charge on any atom is -0.309 e. The van der Waals surface area contributed by atoms with Crippen molar-refractivity contribution in [3.8, 4) is 0 Å². The van der Waals surface area contributed by atoms with Gasteiger partial charge in [0.15, 0.2) is 0 Å². The average molecular weight is 272 g/mol. The van der Waals surface area contributed by atoms with E-state index in [0.29, 0.717) is 5.82 Å². The maximum absolute atomic E-state index is 11.5. The van der Waals surface area contributed by atoms with Crippen LogP contribution in [0.25, 0.3) is 0 Å². The molecular weight excluding hydrogens is 258 g/mol. The van der Waals surface area contributed by atoms with Crippen LogP contribution in [-0.4, -0.2) is 24.0 Å². The van der Waals surface area contributed by atoms with Crippen molar-refractivity contribution in [1.82, 2.24) is 10.3 Å². The summed E-state index contributed by atoms with van der Waals surface area (Å²) in [5.74, 6) is 0.481. The Balaban J connectivity index is 2.73. The average Bonchev–Trinajstić information content (AvgIpc) is 2.22. The van der Waals surface area contributed by atoms with Crippen molar-refractivity contribution >= 4 is 27.7 Å². The smallest absolute Gasteiger partial charge is 0.242 e. The zero-order chi connectivity index (χ0) is 11.4. The number of rotatable bonds is 3. The van der Waals surface area contributed by atoms with Crippen LogP contribution in [0.1, 0.15) is 12.5 Å². The fraction of sp³-hybridized carbons (Fsp3) is 0.400. The van der Waals surface area contributed by atoms with Crippen molar-refractivity contribution in [3.63, 3.8) is 0 Å². The number of amides is 1. The Morgan fingerprint density at radius 3 is 2.80 bits per heavy atom. The summed E-state index contributed by atoms with van der Waals surface area (Å²) in [7, 11) is 1.74. The first kappa shape index (κ1) is 12.1. The predicted octanol–water partition coefficient (Wildman–Crippen LogP) is 1.70. The Hall–Kier alpha value is -0.940. The van der Waals surface area contributed by atoms with Crippen LogP contribution in [0, 0.1) is 6.92 Å². The molecule has 2 N–H and O–H groups in total. The van der Waals surface area contributed by atoms with E-state index in [1.165, 1.54) is 0 Å². The molecule has 0 bridgehead atoms. The van der Waals surface area contributed by atoms with Gasteiger partial charge in [0.1, 0.15) is 5.82 Å². The minimum atomic E-state index is -0.226. The second kappa shape index (κ2) is 5.23. The van der Waals surface area contributed by atoms with Gasteiger partial charge in [0, 0.05) is 10.7 Å². The minimum absolute atomic E-state index is 0.0910. The van der Waals surface area contributed by atoms with E-state index in [9.17, 15) is 4.79 Å². The Bertz CT molecular complexity index is 368. The third-order valence-corrected chi connectivity index (χ3v) is 2.95. The molecule has 0 spiro atoms. The number of pyridine rings is 1. The summed E-state index contributed by atoms with van der Waals surface area (Å²) in [6.07, 6.45) is 1.68. The van der Waals surface area contributed by atoms with Crippen LogP contribution in [0.5, 0.6) is 0 Å². The SMILES string of the molecule is CNC(C)C(=O)Nc1cc(C)c(Br)cn1. The van der Waals surface area contributed by atoms with Crippen LogP contribution < -0.4 is 10.6 Å². The number of carbonyl (C=O) groups excluding carboxylic acids is 1. The van der Waals surface area contributed by atoms with Gasteiger partial charge in [-0.1, -0.05) is 0 Å². The second-order valence-electron chi connectivity index (χ2n) is 3.32. The molecular formula is C10H14BrN3O. The van der Waals surface area contributed by atoms with Crippen molar-refractivity contribution in [2.75, 3.05) is 12.4 Å². The van der Waals surface area contributed by atoms with Gasteiger partial charge >= 0.3 is 0 Å². The van der Waals surface area contributed by atoms with Crippen LogP contribution in [0.4, 0.5) is 5.82 Å². The number of likely N-dealkylation sites (N-methyl/N-ethyl adjacent to an activating group) is 1. The maximum Gasteiger partial charge on any atom is 0.242 e. The van der Waals surface area contributed by atoms with Gasteiger partial charge in [-0.15, -0.1) is 0 Å². The molecule has 0 aliphatic heterocycles. The fourth-order valence-corrected chi connectivity index (χ4v) is 1.19. The molecule has 5 heteroatoms. The van der Waals surface area contributed by atoms with Crippen LogP contribution in [0.3, 0.4) is 0 Å². The number of nitrogens with zero attached hydrogens (tertiary/aromatic N) is 1. The molecule has 1 rings (SSSR count). The number of carbonyl (C=O) groups is 1. The van der Waals surface area contributed by atoms with E-state index in [0.717, 1.165) is 10.0 Å². The number of aromatic nitrogens is 1. The first-order valence-electron chi connectivity index (χ1n) is 4.65. The molecule has 1 atom stereocenters. The second-order valence-corrected chi connectivity index (χ2v) is 4.17. The molecule has 4 nitrogen and oxygen atoms in total. The highest BCUT2D eigenvalue weighted by atomic mass is 79.9. The van der Waals surface area contributed by atoms with Crippen molar-refractivity contribution in [3.05, 3.63) is 22.3 Å². The third kappa shape index (κ3) is 3.28. The summed E-state index contributed by atoms with van der Waals surface area (Å²) in [5.41, 5.74) is 1.04. The van der Waals surface area contributed by atoms with Gasteiger partial charge in [-0.2, -0.15) is 0 Å². The summed E-state index contributed by atoms with van der Waals surface area (Å²) in [6, 6.07) is 1.60. The Morgan fingerprint density at radius 1 is 1.60 bits per heavy atom. The van der Waals surface area contributed by atoms with Crippen LogP contribution >= 0.6 is 15.9 Å². The van der Waals surface area contributed by atoms with Gasteiger partial charge in [-0.05, 0) is 48.5 Å². The highest BCUT2D eigenvalue weighted by Crippen LogP contribution is 2.17. The first-order chi connectivity index (χ1) is 7.04. The molecule has 0 saturated heterocycles. The van der Waals surface area contributed by atoms with Gasteiger partial charge in [0.2, 0.25) is 5.91 Å². The number of aryl methyl sites for hydroxylation is 1. The summed E-state index contributed by atoms with van der Waals surface area (Å²) < 4.78 is 0.933. The van der Waals surface area contributed by atoms with Crippen molar-refractivity contribution in [2.45, 2.75) is 19.9 Å². The quantitative estimate of drug-likeness (QED) is 0.880. The van der Waals surface area contributed by atoms with Crippen LogP contribution in [-0.2, 0) is 4.79 Å². The van der Waals surface area contributed by atoms with Crippen LogP contribution in [0.15, 0.2) is 16.7 Å². The zero-order valence-electron chi connectivity index (χ0n) is 8.97. The van der Waals surface area contributed by atoms with Crippen molar-refractivity contribution in [1.29, 1.82) is 0 Å². The van der Waals surface area contributed by atoms with E-state index < -0.39 is 0 Å².